The van der Waals surface area contributed by atoms with E-state index in [0.29, 0.717) is 10.6 Å². The Hall–Kier alpha value is -2.73. The Morgan fingerprint density at radius 3 is 2.48 bits per heavy atom. The van der Waals surface area contributed by atoms with E-state index in [1.807, 2.05) is 12.1 Å². The van der Waals surface area contributed by atoms with Crippen LogP contribution in [0.4, 0.5) is 5.69 Å². The van der Waals surface area contributed by atoms with Gasteiger partial charge in [0.1, 0.15) is 12.3 Å². The van der Waals surface area contributed by atoms with Crippen molar-refractivity contribution in [3.05, 3.63) is 58.0 Å². The van der Waals surface area contributed by atoms with Gasteiger partial charge < -0.3 is 10.2 Å². The van der Waals surface area contributed by atoms with Crippen molar-refractivity contribution >= 4 is 35.4 Å². The van der Waals surface area contributed by atoms with Crippen LogP contribution in [-0.2, 0) is 9.59 Å². The number of nitrogens with zero attached hydrogens (tertiary/aromatic N) is 1. The molecule has 128 valence electrons. The summed E-state index contributed by atoms with van der Waals surface area (Å²) < 4.78 is 0. The highest BCUT2D eigenvalue weighted by Crippen LogP contribution is 2.42. The molecular formula is C19H17NO4S. The van der Waals surface area contributed by atoms with E-state index in [1.165, 1.54) is 16.7 Å². The second-order valence-electron chi connectivity index (χ2n) is 5.87. The fourth-order valence-electron chi connectivity index (χ4n) is 2.78. The van der Waals surface area contributed by atoms with E-state index in [0.717, 1.165) is 21.6 Å². The first-order chi connectivity index (χ1) is 11.9. The minimum absolute atomic E-state index is 0.239. The highest BCUT2D eigenvalue weighted by molar-refractivity contribution is 8.04. The second kappa shape index (κ2) is 6.64. The lowest BCUT2D eigenvalue weighted by Gasteiger charge is -2.29. The zero-order valence-corrected chi connectivity index (χ0v) is 14.6. The molecule has 2 N–H and O–H groups in total. The molecule has 0 fully saturated rings. The van der Waals surface area contributed by atoms with E-state index >= 15 is 0 Å². The third kappa shape index (κ3) is 3.39. The number of aliphatic carboxylic acids is 1. The number of hydrogen-bond acceptors (Lipinski definition) is 4. The predicted molar refractivity (Wildman–Crippen MR) is 97.8 cm³/mol. The van der Waals surface area contributed by atoms with Crippen molar-refractivity contribution in [2.75, 3.05) is 11.4 Å². The standard InChI is InChI=1S/C19H17NO4S/c1-11-7-13(8-12(2)18(11)23)9-16-19(24)20(10-17(21)22)14-5-3-4-6-15(14)25-16/h3-9,23H,10H2,1-2H3,(H,21,22)/b16-9+. The number of carbonyl (C=O) groups is 2. The van der Waals surface area contributed by atoms with Crippen molar-refractivity contribution in [1.82, 2.24) is 0 Å². The number of thioether (sulfide) groups is 1. The van der Waals surface area contributed by atoms with E-state index in [2.05, 4.69) is 0 Å². The van der Waals surface area contributed by atoms with Crippen molar-refractivity contribution < 1.29 is 19.8 Å². The maximum Gasteiger partial charge on any atom is 0.323 e. The van der Waals surface area contributed by atoms with Gasteiger partial charge in [0.15, 0.2) is 0 Å². The van der Waals surface area contributed by atoms with Gasteiger partial charge in [0.05, 0.1) is 10.6 Å². The van der Waals surface area contributed by atoms with E-state index in [-0.39, 0.29) is 18.2 Å². The van der Waals surface area contributed by atoms with Crippen LogP contribution in [0.5, 0.6) is 5.75 Å². The molecule has 1 amide bonds. The topological polar surface area (TPSA) is 77.8 Å². The molecule has 0 unspecified atom stereocenters. The average molecular weight is 355 g/mol. The van der Waals surface area contributed by atoms with Crippen LogP contribution in [0.2, 0.25) is 0 Å². The molecule has 0 saturated carbocycles. The number of carbonyl (C=O) groups excluding carboxylic acids is 1. The maximum atomic E-state index is 12.8. The van der Waals surface area contributed by atoms with Crippen LogP contribution in [-0.4, -0.2) is 28.6 Å². The molecule has 0 aromatic heterocycles. The quantitative estimate of drug-likeness (QED) is 0.823. The number of phenols is 1. The number of amides is 1. The highest BCUT2D eigenvalue weighted by Gasteiger charge is 2.30. The number of aromatic hydroxyl groups is 1. The fourth-order valence-corrected chi connectivity index (χ4v) is 3.84. The number of fused-ring (bicyclic) bond motifs is 1. The molecular weight excluding hydrogens is 338 g/mol. The molecule has 1 aliphatic heterocycles. The maximum absolute atomic E-state index is 12.8. The van der Waals surface area contributed by atoms with Crippen LogP contribution in [0, 0.1) is 13.8 Å². The number of carboxylic acid groups (broad SMARTS) is 1. The molecule has 3 rings (SSSR count). The van der Waals surface area contributed by atoms with Gasteiger partial charge in [0.2, 0.25) is 0 Å². The van der Waals surface area contributed by atoms with Crippen LogP contribution in [0.3, 0.4) is 0 Å². The summed E-state index contributed by atoms with van der Waals surface area (Å²) in [7, 11) is 0. The van der Waals surface area contributed by atoms with Crippen LogP contribution < -0.4 is 4.90 Å². The van der Waals surface area contributed by atoms with Gasteiger partial charge in [-0.15, -0.1) is 0 Å². The van der Waals surface area contributed by atoms with E-state index < -0.39 is 5.97 Å². The van der Waals surface area contributed by atoms with Crippen LogP contribution in [0.1, 0.15) is 16.7 Å². The number of benzene rings is 2. The molecule has 25 heavy (non-hydrogen) atoms. The summed E-state index contributed by atoms with van der Waals surface area (Å²) in [6.07, 6.45) is 1.73. The molecule has 5 nitrogen and oxygen atoms in total. The molecule has 6 heteroatoms. The Labute approximate surface area is 149 Å². The number of aryl methyl sites for hydroxylation is 2. The first-order valence-corrected chi connectivity index (χ1v) is 8.51. The zero-order valence-electron chi connectivity index (χ0n) is 13.8. The lowest BCUT2D eigenvalue weighted by molar-refractivity contribution is -0.136. The Kier molecular flexibility index (Phi) is 4.55. The lowest BCUT2D eigenvalue weighted by atomic mass is 10.1. The minimum atomic E-state index is -1.06. The Bertz CT molecular complexity index is 881. The van der Waals surface area contributed by atoms with Crippen LogP contribution >= 0.6 is 11.8 Å². The summed E-state index contributed by atoms with van der Waals surface area (Å²) in [4.78, 5) is 26.5. The molecule has 1 heterocycles. The molecule has 0 spiro atoms. The monoisotopic (exact) mass is 355 g/mol. The summed E-state index contributed by atoms with van der Waals surface area (Å²) in [5.41, 5.74) is 2.85. The van der Waals surface area contributed by atoms with Crippen molar-refractivity contribution in [2.45, 2.75) is 18.7 Å². The van der Waals surface area contributed by atoms with Crippen molar-refractivity contribution in [2.24, 2.45) is 0 Å². The molecule has 0 aliphatic carbocycles. The SMILES string of the molecule is Cc1cc(/C=C2/Sc3ccccc3N(CC(=O)O)C2=O)cc(C)c1O. The van der Waals surface area contributed by atoms with E-state index in [9.17, 15) is 14.7 Å². The smallest absolute Gasteiger partial charge is 0.323 e. The molecule has 0 saturated heterocycles. The summed E-state index contributed by atoms with van der Waals surface area (Å²) in [6, 6.07) is 10.8. The van der Waals surface area contributed by atoms with Crippen molar-refractivity contribution in [3.63, 3.8) is 0 Å². The summed E-state index contributed by atoms with van der Waals surface area (Å²) >= 11 is 1.32. The second-order valence-corrected chi connectivity index (χ2v) is 6.95. The number of carboxylic acids is 1. The lowest BCUT2D eigenvalue weighted by Crippen LogP contribution is -2.38. The molecule has 0 bridgehead atoms. The van der Waals surface area contributed by atoms with Gasteiger partial charge in [0.25, 0.3) is 5.91 Å². The van der Waals surface area contributed by atoms with Crippen molar-refractivity contribution in [3.8, 4) is 5.75 Å². The molecule has 1 aliphatic rings. The predicted octanol–water partition coefficient (Wildman–Crippen LogP) is 3.57. The molecule has 0 atom stereocenters. The van der Waals surface area contributed by atoms with Gasteiger partial charge in [-0.25, -0.2) is 0 Å². The average Bonchev–Trinajstić information content (AvgIpc) is 2.56. The summed E-state index contributed by atoms with van der Waals surface area (Å²) in [5.74, 6) is -1.16. The molecule has 2 aromatic rings. The van der Waals surface area contributed by atoms with E-state index in [1.54, 1.807) is 44.2 Å². The number of hydrogen-bond donors (Lipinski definition) is 2. The zero-order chi connectivity index (χ0) is 18.1. The Morgan fingerprint density at radius 1 is 1.20 bits per heavy atom. The van der Waals surface area contributed by atoms with Gasteiger partial charge in [-0.3, -0.25) is 14.5 Å². The normalized spacial score (nSPS) is 15.4. The summed E-state index contributed by atoms with van der Waals surface area (Å²) in [6.45, 7) is 3.21. The Balaban J connectivity index is 2.06. The Morgan fingerprint density at radius 2 is 1.84 bits per heavy atom. The van der Waals surface area contributed by atoms with E-state index in [4.69, 9.17) is 5.11 Å². The van der Waals surface area contributed by atoms with Crippen LogP contribution in [0.25, 0.3) is 6.08 Å². The third-order valence-electron chi connectivity index (χ3n) is 3.94. The number of anilines is 1. The van der Waals surface area contributed by atoms with Gasteiger partial charge in [-0.2, -0.15) is 0 Å². The molecule has 0 radical (unpaired) electrons. The van der Waals surface area contributed by atoms with Gasteiger partial charge in [0, 0.05) is 4.90 Å². The molecule has 2 aromatic carbocycles. The van der Waals surface area contributed by atoms with Crippen molar-refractivity contribution in [1.29, 1.82) is 0 Å². The first-order valence-electron chi connectivity index (χ1n) is 7.69. The number of para-hydroxylation sites is 1. The minimum Gasteiger partial charge on any atom is -0.507 e. The number of rotatable bonds is 3. The largest absolute Gasteiger partial charge is 0.507 e. The van der Waals surface area contributed by atoms with Crippen LogP contribution in [0.15, 0.2) is 46.2 Å². The fraction of sp³-hybridized carbons (Fsp3) is 0.158. The van der Waals surface area contributed by atoms with Gasteiger partial charge in [-0.1, -0.05) is 23.9 Å². The van der Waals surface area contributed by atoms with Gasteiger partial charge in [-0.05, 0) is 60.9 Å². The highest BCUT2D eigenvalue weighted by atomic mass is 32.2. The first kappa shape index (κ1) is 17.1. The van der Waals surface area contributed by atoms with Gasteiger partial charge >= 0.3 is 5.97 Å². The number of phenolic OH excluding ortho intramolecular Hbond substituents is 1. The summed E-state index contributed by atoms with van der Waals surface area (Å²) in [5, 5.41) is 19.0. The third-order valence-corrected chi connectivity index (χ3v) is 5.01.